The second-order valence-electron chi connectivity index (χ2n) is 3.58. The quantitative estimate of drug-likeness (QED) is 0.831. The molecule has 84 valence electrons. The first-order valence-electron chi connectivity index (χ1n) is 4.72. The summed E-state index contributed by atoms with van der Waals surface area (Å²) >= 11 is 3.21. The molecule has 16 heavy (non-hydrogen) atoms. The Kier molecular flexibility index (Phi) is 2.91. The molecular formula is C10H9BrN2O3. The maximum absolute atomic E-state index is 11.6. The Bertz CT molecular complexity index is 449. The molecule has 1 unspecified atom stereocenters. The Morgan fingerprint density at radius 1 is 1.62 bits per heavy atom. The van der Waals surface area contributed by atoms with Crippen LogP contribution in [0.3, 0.4) is 0 Å². The van der Waals surface area contributed by atoms with Gasteiger partial charge in [0.15, 0.2) is 0 Å². The first kappa shape index (κ1) is 11.1. The monoisotopic (exact) mass is 284 g/mol. The highest BCUT2D eigenvalue weighted by Crippen LogP contribution is 2.26. The summed E-state index contributed by atoms with van der Waals surface area (Å²) in [5, 5.41) is 8.85. The van der Waals surface area contributed by atoms with Gasteiger partial charge in [0.25, 0.3) is 0 Å². The van der Waals surface area contributed by atoms with Crippen LogP contribution in [0.5, 0.6) is 0 Å². The Balaban J connectivity index is 2.23. The van der Waals surface area contributed by atoms with Crippen LogP contribution in [-0.4, -0.2) is 28.5 Å². The Morgan fingerprint density at radius 2 is 2.38 bits per heavy atom. The molecule has 2 rings (SSSR count). The van der Waals surface area contributed by atoms with Crippen molar-refractivity contribution in [3.8, 4) is 0 Å². The molecule has 0 radical (unpaired) electrons. The lowest BCUT2D eigenvalue weighted by Gasteiger charge is -2.15. The van der Waals surface area contributed by atoms with Crippen LogP contribution in [0.15, 0.2) is 22.9 Å². The number of carbonyl (C=O) groups is 2. The van der Waals surface area contributed by atoms with E-state index in [1.54, 1.807) is 18.3 Å². The number of aliphatic carboxylic acids is 1. The van der Waals surface area contributed by atoms with Crippen molar-refractivity contribution >= 4 is 33.5 Å². The zero-order valence-corrected chi connectivity index (χ0v) is 9.85. The number of hydrogen-bond acceptors (Lipinski definition) is 3. The summed E-state index contributed by atoms with van der Waals surface area (Å²) in [6.07, 6.45) is 1.63. The van der Waals surface area contributed by atoms with Crippen LogP contribution in [0.1, 0.15) is 6.42 Å². The Hall–Kier alpha value is -1.43. The van der Waals surface area contributed by atoms with Gasteiger partial charge >= 0.3 is 5.97 Å². The highest BCUT2D eigenvalue weighted by atomic mass is 79.9. The molecule has 0 spiro atoms. The van der Waals surface area contributed by atoms with Crippen LogP contribution in [0.2, 0.25) is 0 Å². The van der Waals surface area contributed by atoms with Crippen molar-refractivity contribution in [3.05, 3.63) is 22.9 Å². The van der Waals surface area contributed by atoms with Gasteiger partial charge < -0.3 is 10.0 Å². The summed E-state index contributed by atoms with van der Waals surface area (Å²) in [6.45, 7) is 0.227. The first-order chi connectivity index (χ1) is 7.58. The minimum atomic E-state index is -0.927. The molecule has 6 heteroatoms. The normalized spacial score (nSPS) is 20.2. The fourth-order valence-corrected chi connectivity index (χ4v) is 2.04. The Morgan fingerprint density at radius 3 is 2.94 bits per heavy atom. The van der Waals surface area contributed by atoms with Gasteiger partial charge in [-0.2, -0.15) is 0 Å². The number of carboxylic acids is 1. The van der Waals surface area contributed by atoms with Crippen molar-refractivity contribution in [2.45, 2.75) is 6.42 Å². The fourth-order valence-electron chi connectivity index (χ4n) is 1.68. The second-order valence-corrected chi connectivity index (χ2v) is 4.39. The SMILES string of the molecule is O=C(O)C1CC(=O)N(c2ccnc(Br)c2)C1. The first-order valence-corrected chi connectivity index (χ1v) is 5.52. The van der Waals surface area contributed by atoms with Crippen LogP contribution >= 0.6 is 15.9 Å². The van der Waals surface area contributed by atoms with E-state index in [2.05, 4.69) is 20.9 Å². The Labute approximate surface area is 100 Å². The van der Waals surface area contributed by atoms with Crippen LogP contribution in [0, 0.1) is 5.92 Å². The van der Waals surface area contributed by atoms with Crippen molar-refractivity contribution in [2.75, 3.05) is 11.4 Å². The maximum atomic E-state index is 11.6. The number of halogens is 1. The molecule has 1 saturated heterocycles. The molecule has 0 aromatic carbocycles. The number of anilines is 1. The largest absolute Gasteiger partial charge is 0.481 e. The summed E-state index contributed by atoms with van der Waals surface area (Å²) in [5.74, 6) is -1.70. The van der Waals surface area contributed by atoms with Crippen molar-refractivity contribution in [3.63, 3.8) is 0 Å². The van der Waals surface area contributed by atoms with E-state index < -0.39 is 11.9 Å². The van der Waals surface area contributed by atoms with Gasteiger partial charge in [0, 0.05) is 24.8 Å². The third kappa shape index (κ3) is 2.06. The smallest absolute Gasteiger partial charge is 0.308 e. The molecular weight excluding hydrogens is 276 g/mol. The number of pyridine rings is 1. The van der Waals surface area contributed by atoms with Crippen molar-refractivity contribution in [1.29, 1.82) is 0 Å². The number of rotatable bonds is 2. The number of amides is 1. The van der Waals surface area contributed by atoms with Gasteiger partial charge in [0.1, 0.15) is 4.60 Å². The van der Waals surface area contributed by atoms with Crippen LogP contribution in [0.25, 0.3) is 0 Å². The molecule has 0 aliphatic carbocycles. The van der Waals surface area contributed by atoms with Gasteiger partial charge in [-0.25, -0.2) is 4.98 Å². The van der Waals surface area contributed by atoms with Gasteiger partial charge in [-0.05, 0) is 28.1 Å². The average molecular weight is 285 g/mol. The molecule has 0 saturated carbocycles. The highest BCUT2D eigenvalue weighted by Gasteiger charge is 2.35. The van der Waals surface area contributed by atoms with E-state index in [-0.39, 0.29) is 18.9 Å². The highest BCUT2D eigenvalue weighted by molar-refractivity contribution is 9.10. The predicted octanol–water partition coefficient (Wildman–Crippen LogP) is 1.28. The lowest BCUT2D eigenvalue weighted by atomic mass is 10.1. The zero-order valence-electron chi connectivity index (χ0n) is 8.26. The van der Waals surface area contributed by atoms with E-state index in [9.17, 15) is 9.59 Å². The number of carbonyl (C=O) groups excluding carboxylic acids is 1. The number of nitrogens with zero attached hydrogens (tertiary/aromatic N) is 2. The molecule has 1 aromatic heterocycles. The zero-order chi connectivity index (χ0) is 11.7. The van der Waals surface area contributed by atoms with E-state index in [4.69, 9.17) is 5.11 Å². The van der Waals surface area contributed by atoms with Crippen molar-refractivity contribution < 1.29 is 14.7 Å². The van der Waals surface area contributed by atoms with E-state index >= 15 is 0 Å². The molecule has 1 fully saturated rings. The molecule has 1 aliphatic heterocycles. The molecule has 1 aliphatic rings. The van der Waals surface area contributed by atoms with Gasteiger partial charge in [0.05, 0.1) is 5.92 Å². The summed E-state index contributed by atoms with van der Waals surface area (Å²) in [6, 6.07) is 3.38. The maximum Gasteiger partial charge on any atom is 0.308 e. The van der Waals surface area contributed by atoms with E-state index in [0.29, 0.717) is 10.3 Å². The number of carboxylic acid groups (broad SMARTS) is 1. The molecule has 1 amide bonds. The predicted molar refractivity (Wildman–Crippen MR) is 60.0 cm³/mol. The van der Waals surface area contributed by atoms with E-state index in [0.717, 1.165) is 0 Å². The van der Waals surface area contributed by atoms with E-state index in [1.807, 2.05) is 0 Å². The van der Waals surface area contributed by atoms with E-state index in [1.165, 1.54) is 4.90 Å². The molecule has 2 heterocycles. The lowest BCUT2D eigenvalue weighted by molar-refractivity contribution is -0.141. The summed E-state index contributed by atoms with van der Waals surface area (Å²) in [5.41, 5.74) is 0.677. The molecule has 1 N–H and O–H groups in total. The van der Waals surface area contributed by atoms with Crippen LogP contribution in [-0.2, 0) is 9.59 Å². The van der Waals surface area contributed by atoms with Crippen LogP contribution in [0.4, 0.5) is 5.69 Å². The minimum Gasteiger partial charge on any atom is -0.481 e. The van der Waals surface area contributed by atoms with Gasteiger partial charge in [0.2, 0.25) is 5.91 Å². The number of aromatic nitrogens is 1. The molecule has 1 aromatic rings. The molecule has 5 nitrogen and oxygen atoms in total. The van der Waals surface area contributed by atoms with Crippen LogP contribution < -0.4 is 4.90 Å². The topological polar surface area (TPSA) is 70.5 Å². The van der Waals surface area contributed by atoms with Gasteiger partial charge in [-0.3, -0.25) is 9.59 Å². The minimum absolute atomic E-state index is 0.0648. The van der Waals surface area contributed by atoms with Crippen molar-refractivity contribution in [2.24, 2.45) is 5.92 Å². The summed E-state index contributed by atoms with van der Waals surface area (Å²) < 4.78 is 0.622. The lowest BCUT2D eigenvalue weighted by Crippen LogP contribution is -2.25. The third-order valence-corrected chi connectivity index (χ3v) is 2.93. The molecule has 1 atom stereocenters. The van der Waals surface area contributed by atoms with Gasteiger partial charge in [-0.1, -0.05) is 0 Å². The fraction of sp³-hybridized carbons (Fsp3) is 0.300. The second kappa shape index (κ2) is 4.21. The van der Waals surface area contributed by atoms with Crippen molar-refractivity contribution in [1.82, 2.24) is 4.98 Å². The summed E-state index contributed by atoms with van der Waals surface area (Å²) in [4.78, 5) is 27.8. The molecule has 0 bridgehead atoms. The number of hydrogen-bond donors (Lipinski definition) is 1. The average Bonchev–Trinajstić information content (AvgIpc) is 2.60. The summed E-state index contributed by atoms with van der Waals surface area (Å²) in [7, 11) is 0. The third-order valence-electron chi connectivity index (χ3n) is 2.50. The van der Waals surface area contributed by atoms with Gasteiger partial charge in [-0.15, -0.1) is 0 Å². The standard InChI is InChI=1S/C10H9BrN2O3/c11-8-4-7(1-2-12-8)13-5-6(10(15)16)3-9(13)14/h1-2,4,6H,3,5H2,(H,15,16).